The maximum atomic E-state index is 12.9. The van der Waals surface area contributed by atoms with Crippen molar-refractivity contribution >= 4 is 23.2 Å². The molecule has 26 heavy (non-hydrogen) atoms. The fourth-order valence-corrected chi connectivity index (χ4v) is 3.94. The number of carbonyl (C=O) groups excluding carboxylic acids is 2. The molecule has 3 heterocycles. The van der Waals surface area contributed by atoms with Gasteiger partial charge in [0.15, 0.2) is 0 Å². The average Bonchev–Trinajstić information content (AvgIpc) is 2.97. The van der Waals surface area contributed by atoms with E-state index in [1.165, 1.54) is 4.90 Å². The minimum atomic E-state index is -0.310. The Morgan fingerprint density at radius 3 is 2.15 bits per heavy atom. The maximum absolute atomic E-state index is 12.9. The zero-order valence-corrected chi connectivity index (χ0v) is 15.3. The van der Waals surface area contributed by atoms with Gasteiger partial charge in [-0.2, -0.15) is 0 Å². The van der Waals surface area contributed by atoms with Gasteiger partial charge in [-0.1, -0.05) is 0 Å². The lowest BCUT2D eigenvalue weighted by Crippen LogP contribution is -2.51. The average molecular weight is 358 g/mol. The second-order valence-electron chi connectivity index (χ2n) is 7.24. The lowest BCUT2D eigenvalue weighted by molar-refractivity contribution is -0.123. The van der Waals surface area contributed by atoms with Crippen molar-refractivity contribution in [1.29, 1.82) is 0 Å². The summed E-state index contributed by atoms with van der Waals surface area (Å²) in [5.41, 5.74) is 1.78. The van der Waals surface area contributed by atoms with Gasteiger partial charge in [-0.3, -0.25) is 14.5 Å². The highest BCUT2D eigenvalue weighted by atomic mass is 16.5. The van der Waals surface area contributed by atoms with Gasteiger partial charge in [0.2, 0.25) is 5.91 Å². The number of hydrogen-bond donors (Lipinski definition) is 0. The van der Waals surface area contributed by atoms with Gasteiger partial charge in [-0.05, 0) is 31.3 Å². The number of carbonyl (C=O) groups is 2. The number of imide groups is 1. The van der Waals surface area contributed by atoms with E-state index in [0.717, 1.165) is 58.2 Å². The summed E-state index contributed by atoms with van der Waals surface area (Å²) in [6.07, 6.45) is 0.285. The van der Waals surface area contributed by atoms with Crippen LogP contribution in [0.15, 0.2) is 24.3 Å². The molecule has 0 unspecified atom stereocenters. The number of ether oxygens (including phenoxy) is 1. The number of amides is 2. The molecule has 0 bridgehead atoms. The monoisotopic (exact) mass is 358 g/mol. The Kier molecular flexibility index (Phi) is 4.93. The highest BCUT2D eigenvalue weighted by Crippen LogP contribution is 2.28. The van der Waals surface area contributed by atoms with Crippen LogP contribution in [0.2, 0.25) is 0 Å². The first-order valence-electron chi connectivity index (χ1n) is 9.35. The number of hydrogen-bond acceptors (Lipinski definition) is 6. The second kappa shape index (κ2) is 7.34. The molecule has 1 atom stereocenters. The Morgan fingerprint density at radius 2 is 1.50 bits per heavy atom. The minimum Gasteiger partial charge on any atom is -0.378 e. The van der Waals surface area contributed by atoms with Crippen LogP contribution < -0.4 is 9.80 Å². The van der Waals surface area contributed by atoms with Gasteiger partial charge in [-0.15, -0.1) is 0 Å². The summed E-state index contributed by atoms with van der Waals surface area (Å²) in [5, 5.41) is 0. The van der Waals surface area contributed by atoms with E-state index in [4.69, 9.17) is 4.74 Å². The summed E-state index contributed by atoms with van der Waals surface area (Å²) in [6.45, 7) is 6.75. The Morgan fingerprint density at radius 1 is 0.885 bits per heavy atom. The van der Waals surface area contributed by atoms with Crippen LogP contribution in [0, 0.1) is 0 Å². The summed E-state index contributed by atoms with van der Waals surface area (Å²) in [5.74, 6) is -0.184. The summed E-state index contributed by atoms with van der Waals surface area (Å²) >= 11 is 0. The quantitative estimate of drug-likeness (QED) is 0.730. The molecule has 0 spiro atoms. The molecule has 2 amide bonds. The molecule has 3 saturated heterocycles. The van der Waals surface area contributed by atoms with Crippen LogP contribution in [0.4, 0.5) is 11.4 Å². The van der Waals surface area contributed by atoms with E-state index in [-0.39, 0.29) is 24.3 Å². The molecule has 1 aromatic carbocycles. The third kappa shape index (κ3) is 3.34. The minimum absolute atomic E-state index is 0.0846. The Labute approximate surface area is 154 Å². The van der Waals surface area contributed by atoms with E-state index in [0.29, 0.717) is 5.69 Å². The molecule has 0 N–H and O–H groups in total. The first-order valence-corrected chi connectivity index (χ1v) is 9.35. The van der Waals surface area contributed by atoms with E-state index in [2.05, 4.69) is 21.7 Å². The predicted octanol–water partition coefficient (Wildman–Crippen LogP) is 0.403. The van der Waals surface area contributed by atoms with Crippen molar-refractivity contribution in [3.63, 3.8) is 0 Å². The van der Waals surface area contributed by atoms with E-state index < -0.39 is 0 Å². The largest absolute Gasteiger partial charge is 0.378 e. The van der Waals surface area contributed by atoms with Gasteiger partial charge in [0, 0.05) is 45.0 Å². The Bertz CT molecular complexity index is 664. The van der Waals surface area contributed by atoms with E-state index in [9.17, 15) is 9.59 Å². The summed E-state index contributed by atoms with van der Waals surface area (Å²) in [4.78, 5) is 33.5. The normalized spacial score (nSPS) is 26.0. The summed E-state index contributed by atoms with van der Waals surface area (Å²) in [6, 6.07) is 7.43. The van der Waals surface area contributed by atoms with Crippen molar-refractivity contribution in [2.75, 3.05) is 69.3 Å². The fraction of sp³-hybridized carbons (Fsp3) is 0.579. The molecule has 3 aliphatic heterocycles. The molecule has 4 rings (SSSR count). The molecule has 7 nitrogen and oxygen atoms in total. The van der Waals surface area contributed by atoms with Crippen LogP contribution in [0.3, 0.4) is 0 Å². The van der Waals surface area contributed by atoms with Crippen LogP contribution in [-0.2, 0) is 14.3 Å². The van der Waals surface area contributed by atoms with Crippen molar-refractivity contribution in [3.8, 4) is 0 Å². The van der Waals surface area contributed by atoms with Crippen LogP contribution in [0.25, 0.3) is 0 Å². The van der Waals surface area contributed by atoms with Gasteiger partial charge < -0.3 is 14.5 Å². The topological polar surface area (TPSA) is 56.3 Å². The number of morpholine rings is 1. The van der Waals surface area contributed by atoms with E-state index >= 15 is 0 Å². The predicted molar refractivity (Wildman–Crippen MR) is 99.4 cm³/mol. The van der Waals surface area contributed by atoms with Crippen LogP contribution in [-0.4, -0.2) is 87.2 Å². The first kappa shape index (κ1) is 17.5. The second-order valence-corrected chi connectivity index (χ2v) is 7.24. The molecular formula is C19H26N4O3. The van der Waals surface area contributed by atoms with Gasteiger partial charge in [-0.25, -0.2) is 4.90 Å². The molecule has 0 aliphatic carbocycles. The molecule has 0 aromatic heterocycles. The number of anilines is 2. The van der Waals surface area contributed by atoms with Gasteiger partial charge >= 0.3 is 0 Å². The van der Waals surface area contributed by atoms with Crippen molar-refractivity contribution in [1.82, 2.24) is 9.80 Å². The Balaban J connectivity index is 1.46. The zero-order chi connectivity index (χ0) is 18.1. The smallest absolute Gasteiger partial charge is 0.251 e. The highest BCUT2D eigenvalue weighted by molar-refractivity contribution is 6.22. The maximum Gasteiger partial charge on any atom is 0.251 e. The standard InChI is InChI=1S/C19H26N4O3/c1-20-6-8-22(9-7-20)17-14-18(24)23(19(17)25)16-4-2-15(3-5-16)21-10-12-26-13-11-21/h2-5,17H,6-14H2,1H3/t17-/m1/s1. The number of likely N-dealkylation sites (N-methyl/N-ethyl adjacent to an activating group) is 1. The lowest BCUT2D eigenvalue weighted by atomic mass is 10.2. The lowest BCUT2D eigenvalue weighted by Gasteiger charge is -2.35. The number of nitrogens with zero attached hydrogens (tertiary/aromatic N) is 4. The summed E-state index contributed by atoms with van der Waals surface area (Å²) < 4.78 is 5.38. The number of rotatable bonds is 3. The van der Waals surface area contributed by atoms with E-state index in [1.807, 2.05) is 24.3 Å². The van der Waals surface area contributed by atoms with Crippen LogP contribution in [0.1, 0.15) is 6.42 Å². The number of piperazine rings is 1. The van der Waals surface area contributed by atoms with Crippen molar-refractivity contribution in [3.05, 3.63) is 24.3 Å². The first-order chi connectivity index (χ1) is 12.6. The zero-order valence-electron chi connectivity index (χ0n) is 15.3. The molecule has 3 aliphatic rings. The third-order valence-corrected chi connectivity index (χ3v) is 5.59. The van der Waals surface area contributed by atoms with Crippen molar-refractivity contribution in [2.45, 2.75) is 12.5 Å². The molecule has 1 aromatic rings. The number of benzene rings is 1. The van der Waals surface area contributed by atoms with Crippen LogP contribution >= 0.6 is 0 Å². The summed E-state index contributed by atoms with van der Waals surface area (Å²) in [7, 11) is 2.08. The molecular weight excluding hydrogens is 332 g/mol. The fourth-order valence-electron chi connectivity index (χ4n) is 3.94. The SMILES string of the molecule is CN1CCN([C@@H]2CC(=O)N(c3ccc(N4CCOCC4)cc3)C2=O)CC1. The highest BCUT2D eigenvalue weighted by Gasteiger charge is 2.43. The van der Waals surface area contributed by atoms with E-state index in [1.54, 1.807) is 0 Å². The van der Waals surface area contributed by atoms with Crippen LogP contribution in [0.5, 0.6) is 0 Å². The Hall–Kier alpha value is -1.96. The third-order valence-electron chi connectivity index (χ3n) is 5.59. The molecule has 140 valence electrons. The molecule has 0 saturated carbocycles. The van der Waals surface area contributed by atoms with Crippen molar-refractivity contribution in [2.24, 2.45) is 0 Å². The van der Waals surface area contributed by atoms with Crippen molar-refractivity contribution < 1.29 is 14.3 Å². The van der Waals surface area contributed by atoms with Gasteiger partial charge in [0.05, 0.1) is 31.4 Å². The van der Waals surface area contributed by atoms with Gasteiger partial charge in [0.1, 0.15) is 0 Å². The molecule has 0 radical (unpaired) electrons. The molecule has 3 fully saturated rings. The van der Waals surface area contributed by atoms with Gasteiger partial charge in [0.25, 0.3) is 5.91 Å². The molecule has 7 heteroatoms.